The number of carbonyl (C=O) groups is 2. The highest BCUT2D eigenvalue weighted by Gasteiger charge is 2.15. The zero-order chi connectivity index (χ0) is 23.9. The molecule has 34 heavy (non-hydrogen) atoms. The number of benzene rings is 1. The van der Waals surface area contributed by atoms with E-state index in [2.05, 4.69) is 20.7 Å². The molecular weight excluding hydrogens is 458 g/mol. The van der Waals surface area contributed by atoms with E-state index in [0.717, 1.165) is 44.1 Å². The SMILES string of the molecule is COc1cc(C(=O)NCCCN2CCOCC2)ccc1Nc1cc(-c2ccc(C(N)=O)s2)no1. The number of amides is 2. The van der Waals surface area contributed by atoms with E-state index in [1.807, 2.05) is 0 Å². The van der Waals surface area contributed by atoms with Crippen LogP contribution < -0.4 is 21.1 Å². The fraction of sp³-hybridized carbons (Fsp3) is 0.348. The lowest BCUT2D eigenvalue weighted by molar-refractivity contribution is 0.0374. The number of ether oxygens (including phenoxy) is 2. The number of nitrogens with one attached hydrogen (secondary N) is 2. The summed E-state index contributed by atoms with van der Waals surface area (Å²) >= 11 is 1.24. The number of aromatic nitrogens is 1. The van der Waals surface area contributed by atoms with Gasteiger partial charge in [0.1, 0.15) is 11.4 Å². The zero-order valence-electron chi connectivity index (χ0n) is 18.8. The molecule has 4 N–H and O–H groups in total. The van der Waals surface area contributed by atoms with Crippen molar-refractivity contribution < 1.29 is 23.6 Å². The topological polar surface area (TPSA) is 132 Å². The van der Waals surface area contributed by atoms with Gasteiger partial charge in [-0.25, -0.2) is 0 Å². The van der Waals surface area contributed by atoms with E-state index in [0.29, 0.717) is 40.0 Å². The van der Waals surface area contributed by atoms with Crippen LogP contribution in [0.1, 0.15) is 26.5 Å². The molecule has 2 aromatic heterocycles. The van der Waals surface area contributed by atoms with Gasteiger partial charge in [0.15, 0.2) is 0 Å². The van der Waals surface area contributed by atoms with Gasteiger partial charge in [0.05, 0.1) is 35.8 Å². The van der Waals surface area contributed by atoms with Crippen LogP contribution in [0.4, 0.5) is 11.6 Å². The second-order valence-corrected chi connectivity index (χ2v) is 8.79. The average Bonchev–Trinajstić information content (AvgIpc) is 3.52. The Morgan fingerprint density at radius 3 is 2.76 bits per heavy atom. The van der Waals surface area contributed by atoms with E-state index in [1.165, 1.54) is 18.4 Å². The summed E-state index contributed by atoms with van der Waals surface area (Å²) in [6, 6.07) is 10.3. The van der Waals surface area contributed by atoms with Gasteiger partial charge in [-0.2, -0.15) is 0 Å². The van der Waals surface area contributed by atoms with Gasteiger partial charge in [-0.1, -0.05) is 5.16 Å². The number of hydrogen-bond donors (Lipinski definition) is 3. The minimum Gasteiger partial charge on any atom is -0.495 e. The van der Waals surface area contributed by atoms with Crippen LogP contribution in [0.15, 0.2) is 40.9 Å². The minimum atomic E-state index is -0.482. The number of nitrogens with zero attached hydrogens (tertiary/aromatic N) is 2. The summed E-state index contributed by atoms with van der Waals surface area (Å²) in [6.45, 7) is 4.95. The first-order chi connectivity index (χ1) is 16.5. The first-order valence-electron chi connectivity index (χ1n) is 10.9. The van der Waals surface area contributed by atoms with Crippen LogP contribution in [0.5, 0.6) is 5.75 Å². The van der Waals surface area contributed by atoms with Crippen LogP contribution in [0.25, 0.3) is 10.6 Å². The summed E-state index contributed by atoms with van der Waals surface area (Å²) < 4.78 is 16.2. The molecule has 0 spiro atoms. The molecule has 0 bridgehead atoms. The predicted molar refractivity (Wildman–Crippen MR) is 129 cm³/mol. The number of hydrogen-bond acceptors (Lipinski definition) is 9. The van der Waals surface area contributed by atoms with E-state index < -0.39 is 5.91 Å². The number of anilines is 2. The molecule has 0 atom stereocenters. The van der Waals surface area contributed by atoms with Gasteiger partial charge in [0, 0.05) is 31.3 Å². The summed E-state index contributed by atoms with van der Waals surface area (Å²) in [5, 5.41) is 10.1. The lowest BCUT2D eigenvalue weighted by atomic mass is 10.1. The minimum absolute atomic E-state index is 0.156. The fourth-order valence-corrected chi connectivity index (χ4v) is 4.37. The number of morpholine rings is 1. The van der Waals surface area contributed by atoms with Crippen molar-refractivity contribution in [3.05, 3.63) is 46.8 Å². The molecular formula is C23H27N5O5S. The highest BCUT2D eigenvalue weighted by molar-refractivity contribution is 7.17. The Bertz CT molecular complexity index is 1140. The summed E-state index contributed by atoms with van der Waals surface area (Å²) in [5.41, 5.74) is 7.01. The highest BCUT2D eigenvalue weighted by atomic mass is 32.1. The van der Waals surface area contributed by atoms with Crippen LogP contribution >= 0.6 is 11.3 Å². The number of nitrogens with two attached hydrogens (primary N) is 1. The number of primary amides is 1. The largest absolute Gasteiger partial charge is 0.495 e. The lowest BCUT2D eigenvalue weighted by Crippen LogP contribution is -2.38. The molecule has 180 valence electrons. The van der Waals surface area contributed by atoms with Gasteiger partial charge in [0.2, 0.25) is 5.88 Å². The molecule has 4 rings (SSSR count). The van der Waals surface area contributed by atoms with E-state index in [1.54, 1.807) is 36.4 Å². The first-order valence-corrected chi connectivity index (χ1v) is 11.8. The number of thiophene rings is 1. The third kappa shape index (κ3) is 5.93. The maximum atomic E-state index is 12.6. The molecule has 1 aromatic carbocycles. The number of rotatable bonds is 10. The van der Waals surface area contributed by atoms with E-state index >= 15 is 0 Å². The van der Waals surface area contributed by atoms with Crippen molar-refractivity contribution in [2.24, 2.45) is 5.73 Å². The molecule has 0 unspecified atom stereocenters. The van der Waals surface area contributed by atoms with Gasteiger partial charge in [0.25, 0.3) is 11.8 Å². The number of methoxy groups -OCH3 is 1. The first kappa shape index (κ1) is 23.7. The van der Waals surface area contributed by atoms with Crippen molar-refractivity contribution in [3.63, 3.8) is 0 Å². The van der Waals surface area contributed by atoms with E-state index in [4.69, 9.17) is 19.7 Å². The Morgan fingerprint density at radius 1 is 1.21 bits per heavy atom. The van der Waals surface area contributed by atoms with Gasteiger partial charge >= 0.3 is 0 Å². The molecule has 1 aliphatic rings. The van der Waals surface area contributed by atoms with Gasteiger partial charge < -0.3 is 30.4 Å². The van der Waals surface area contributed by atoms with Crippen molar-refractivity contribution in [2.45, 2.75) is 6.42 Å². The fourth-order valence-electron chi connectivity index (χ4n) is 3.56. The second-order valence-electron chi connectivity index (χ2n) is 7.71. The molecule has 10 nitrogen and oxygen atoms in total. The second kappa shape index (κ2) is 11.1. The summed E-state index contributed by atoms with van der Waals surface area (Å²) in [6.07, 6.45) is 0.877. The molecule has 1 saturated heterocycles. The third-order valence-electron chi connectivity index (χ3n) is 5.37. The summed E-state index contributed by atoms with van der Waals surface area (Å²) in [4.78, 5) is 27.4. The van der Waals surface area contributed by atoms with Crippen molar-refractivity contribution >= 4 is 34.7 Å². The van der Waals surface area contributed by atoms with Crippen molar-refractivity contribution in [3.8, 4) is 16.3 Å². The average molecular weight is 486 g/mol. The summed E-state index contributed by atoms with van der Waals surface area (Å²) in [5.74, 6) is 0.245. The Morgan fingerprint density at radius 2 is 2.03 bits per heavy atom. The van der Waals surface area contributed by atoms with Crippen molar-refractivity contribution in [1.29, 1.82) is 0 Å². The zero-order valence-corrected chi connectivity index (χ0v) is 19.7. The molecule has 0 aliphatic carbocycles. The molecule has 3 aromatic rings. The van der Waals surface area contributed by atoms with Crippen LogP contribution in [-0.4, -0.2) is 68.4 Å². The molecule has 1 aliphatic heterocycles. The molecule has 2 amide bonds. The van der Waals surface area contributed by atoms with Crippen LogP contribution in [0, 0.1) is 0 Å². The van der Waals surface area contributed by atoms with Crippen LogP contribution in [-0.2, 0) is 4.74 Å². The molecule has 0 radical (unpaired) electrons. The van der Waals surface area contributed by atoms with Crippen LogP contribution in [0.2, 0.25) is 0 Å². The third-order valence-corrected chi connectivity index (χ3v) is 6.50. The van der Waals surface area contributed by atoms with Gasteiger partial charge in [-0.05, 0) is 43.3 Å². The summed E-state index contributed by atoms with van der Waals surface area (Å²) in [7, 11) is 1.54. The Hall–Kier alpha value is -3.41. The van der Waals surface area contributed by atoms with Crippen molar-refractivity contribution in [1.82, 2.24) is 15.4 Å². The molecule has 1 fully saturated rings. The normalized spacial score (nSPS) is 14.0. The van der Waals surface area contributed by atoms with Gasteiger partial charge in [-0.3, -0.25) is 14.5 Å². The standard InChI is InChI=1S/C23H27N5O5S/c1-31-18-13-15(23(30)25-7-2-8-28-9-11-32-12-10-28)3-4-16(18)26-21-14-17(27-33-21)19-5-6-20(34-19)22(24)29/h3-6,13-14,26H,2,7-12H2,1H3,(H2,24,29)(H,25,30). The van der Waals surface area contributed by atoms with Crippen molar-refractivity contribution in [2.75, 3.05) is 51.8 Å². The maximum absolute atomic E-state index is 12.6. The van der Waals surface area contributed by atoms with E-state index in [-0.39, 0.29) is 5.91 Å². The quantitative estimate of drug-likeness (QED) is 0.374. The highest BCUT2D eigenvalue weighted by Crippen LogP contribution is 2.32. The number of carbonyl (C=O) groups excluding carboxylic acids is 2. The molecule has 0 saturated carbocycles. The smallest absolute Gasteiger partial charge is 0.258 e. The van der Waals surface area contributed by atoms with E-state index in [9.17, 15) is 9.59 Å². The maximum Gasteiger partial charge on any atom is 0.258 e. The Balaban J connectivity index is 1.34. The lowest BCUT2D eigenvalue weighted by Gasteiger charge is -2.26. The monoisotopic (exact) mass is 485 g/mol. The Kier molecular flexibility index (Phi) is 7.78. The Labute approximate surface area is 201 Å². The van der Waals surface area contributed by atoms with Gasteiger partial charge in [-0.15, -0.1) is 11.3 Å². The predicted octanol–water partition coefficient (Wildman–Crippen LogP) is 2.71. The van der Waals surface area contributed by atoms with Crippen LogP contribution in [0.3, 0.4) is 0 Å². The molecule has 11 heteroatoms. The molecule has 3 heterocycles.